The summed E-state index contributed by atoms with van der Waals surface area (Å²) in [6.07, 6.45) is 0.283. The number of ether oxygens (including phenoxy) is 2. The molecule has 6 nitrogen and oxygen atoms in total. The van der Waals surface area contributed by atoms with E-state index in [-0.39, 0.29) is 24.3 Å². The maximum absolute atomic E-state index is 14.0. The standard InChI is InChI=1S/C17H23ClFN3O3/c1-17(2,3)25-16(23)22-11-6-10(19)7-12(22)9-13(8-11)24-15-5-4-14(18)20-21-15/h4-5,10-13H,6-9H2,1-3H3/t10?,11-,12+,13?. The highest BCUT2D eigenvalue weighted by molar-refractivity contribution is 6.29. The molecule has 2 aliphatic heterocycles. The van der Waals surface area contributed by atoms with Crippen LogP contribution in [0.2, 0.25) is 5.15 Å². The smallest absolute Gasteiger partial charge is 0.410 e. The van der Waals surface area contributed by atoms with Crippen molar-refractivity contribution in [1.29, 1.82) is 0 Å². The molecule has 8 heteroatoms. The Hall–Kier alpha value is -1.63. The van der Waals surface area contributed by atoms with Gasteiger partial charge in [0, 0.05) is 31.0 Å². The number of piperidine rings is 2. The van der Waals surface area contributed by atoms with Crippen LogP contribution in [0.15, 0.2) is 12.1 Å². The minimum atomic E-state index is -0.898. The van der Waals surface area contributed by atoms with Crippen LogP contribution in [-0.2, 0) is 4.74 Å². The predicted molar refractivity (Wildman–Crippen MR) is 90.5 cm³/mol. The maximum atomic E-state index is 14.0. The molecular formula is C17H23ClFN3O3. The number of hydrogen-bond donors (Lipinski definition) is 0. The van der Waals surface area contributed by atoms with Gasteiger partial charge >= 0.3 is 6.09 Å². The molecule has 25 heavy (non-hydrogen) atoms. The summed E-state index contributed by atoms with van der Waals surface area (Å²) in [5.41, 5.74) is -0.577. The number of fused-ring (bicyclic) bond motifs is 2. The van der Waals surface area contributed by atoms with Gasteiger partial charge in [0.25, 0.3) is 0 Å². The van der Waals surface area contributed by atoms with Crippen molar-refractivity contribution in [1.82, 2.24) is 15.1 Å². The third-order valence-electron chi connectivity index (χ3n) is 4.41. The Kier molecular flexibility index (Phi) is 5.04. The van der Waals surface area contributed by atoms with Crippen molar-refractivity contribution in [3.63, 3.8) is 0 Å². The fourth-order valence-corrected chi connectivity index (χ4v) is 3.68. The first kappa shape index (κ1) is 18.2. The molecule has 1 aromatic rings. The first-order chi connectivity index (χ1) is 11.7. The third-order valence-corrected chi connectivity index (χ3v) is 4.61. The van der Waals surface area contributed by atoms with Crippen molar-refractivity contribution >= 4 is 17.7 Å². The van der Waals surface area contributed by atoms with Gasteiger partial charge in [0.1, 0.15) is 17.9 Å². The van der Waals surface area contributed by atoms with Crippen LogP contribution in [0.1, 0.15) is 46.5 Å². The molecule has 0 saturated carbocycles. The number of amides is 1. The van der Waals surface area contributed by atoms with Crippen molar-refractivity contribution in [3.05, 3.63) is 17.3 Å². The number of aromatic nitrogens is 2. The lowest BCUT2D eigenvalue weighted by Crippen LogP contribution is -2.59. The molecular weight excluding hydrogens is 349 g/mol. The van der Waals surface area contributed by atoms with Crippen LogP contribution in [0.5, 0.6) is 5.88 Å². The van der Waals surface area contributed by atoms with Crippen LogP contribution in [0.4, 0.5) is 9.18 Å². The largest absolute Gasteiger partial charge is 0.473 e. The van der Waals surface area contributed by atoms with Crippen molar-refractivity contribution in [2.45, 2.75) is 76.4 Å². The van der Waals surface area contributed by atoms with Crippen molar-refractivity contribution in [2.24, 2.45) is 0 Å². The summed E-state index contributed by atoms with van der Waals surface area (Å²) >= 11 is 5.73. The Morgan fingerprint density at radius 1 is 1.20 bits per heavy atom. The predicted octanol–water partition coefficient (Wildman–Crippen LogP) is 3.78. The summed E-state index contributed by atoms with van der Waals surface area (Å²) in [6, 6.07) is 2.80. The van der Waals surface area contributed by atoms with E-state index in [9.17, 15) is 9.18 Å². The van der Waals surface area contributed by atoms with Gasteiger partial charge in [-0.1, -0.05) is 11.6 Å². The SMILES string of the molecule is CC(C)(C)OC(=O)N1[C@@H]2CC(F)C[C@H]1CC(Oc1ccc(Cl)nn1)C2. The summed E-state index contributed by atoms with van der Waals surface area (Å²) in [5.74, 6) is 0.384. The molecule has 2 unspecified atom stereocenters. The first-order valence-corrected chi connectivity index (χ1v) is 8.90. The number of carbonyl (C=O) groups is 1. The van der Waals surface area contributed by atoms with Gasteiger partial charge < -0.3 is 14.4 Å². The second-order valence-corrected chi connectivity index (χ2v) is 8.06. The highest BCUT2D eigenvalue weighted by Gasteiger charge is 2.46. The minimum absolute atomic E-state index is 0.142. The fraction of sp³-hybridized carbons (Fsp3) is 0.706. The lowest BCUT2D eigenvalue weighted by atomic mass is 9.82. The molecule has 3 rings (SSSR count). The number of rotatable bonds is 2. The molecule has 2 saturated heterocycles. The fourth-order valence-electron chi connectivity index (χ4n) is 3.58. The van der Waals surface area contributed by atoms with E-state index in [1.165, 1.54) is 0 Å². The van der Waals surface area contributed by atoms with E-state index < -0.39 is 11.8 Å². The second-order valence-electron chi connectivity index (χ2n) is 7.67. The van der Waals surface area contributed by atoms with Crippen molar-refractivity contribution < 1.29 is 18.7 Å². The molecule has 2 aliphatic rings. The van der Waals surface area contributed by atoms with Crippen molar-refractivity contribution in [3.8, 4) is 5.88 Å². The summed E-state index contributed by atoms with van der Waals surface area (Å²) in [7, 11) is 0. The topological polar surface area (TPSA) is 64.5 Å². The van der Waals surface area contributed by atoms with Crippen LogP contribution in [0.25, 0.3) is 0 Å². The quantitative estimate of drug-likeness (QED) is 0.791. The third kappa shape index (κ3) is 4.51. The highest BCUT2D eigenvalue weighted by atomic mass is 35.5. The monoisotopic (exact) mass is 371 g/mol. The van der Waals surface area contributed by atoms with Gasteiger partial charge in [-0.2, -0.15) is 0 Å². The van der Waals surface area contributed by atoms with E-state index in [0.717, 1.165) is 0 Å². The Bertz CT molecular complexity index is 607. The van der Waals surface area contributed by atoms with Crippen LogP contribution in [0.3, 0.4) is 0 Å². The lowest BCUT2D eigenvalue weighted by Gasteiger charge is -2.49. The zero-order valence-electron chi connectivity index (χ0n) is 14.6. The average molecular weight is 372 g/mol. The minimum Gasteiger partial charge on any atom is -0.473 e. The van der Waals surface area contributed by atoms with Gasteiger partial charge in [-0.15, -0.1) is 10.2 Å². The molecule has 2 bridgehead atoms. The number of halogens is 2. The van der Waals surface area contributed by atoms with E-state index in [4.69, 9.17) is 21.1 Å². The summed E-state index contributed by atoms with van der Waals surface area (Å²) in [5, 5.41) is 7.95. The Labute approximate surface area is 151 Å². The lowest BCUT2D eigenvalue weighted by molar-refractivity contribution is -0.0558. The molecule has 0 spiro atoms. The maximum Gasteiger partial charge on any atom is 0.410 e. The number of nitrogens with zero attached hydrogens (tertiary/aromatic N) is 3. The van der Waals surface area contributed by atoms with E-state index in [0.29, 0.717) is 36.7 Å². The molecule has 3 heterocycles. The zero-order valence-corrected chi connectivity index (χ0v) is 15.4. The number of alkyl halides is 1. The molecule has 4 atom stereocenters. The number of hydrogen-bond acceptors (Lipinski definition) is 5. The Morgan fingerprint density at radius 3 is 2.36 bits per heavy atom. The normalized spacial score (nSPS) is 29.2. The van der Waals surface area contributed by atoms with E-state index in [1.54, 1.807) is 17.0 Å². The van der Waals surface area contributed by atoms with Crippen LogP contribution >= 0.6 is 11.6 Å². The molecule has 1 aromatic heterocycles. The van der Waals surface area contributed by atoms with Gasteiger partial charge in [-0.25, -0.2) is 9.18 Å². The molecule has 1 amide bonds. The first-order valence-electron chi connectivity index (χ1n) is 8.52. The second kappa shape index (κ2) is 6.94. The van der Waals surface area contributed by atoms with Gasteiger partial charge in [0.05, 0.1) is 0 Å². The van der Waals surface area contributed by atoms with Gasteiger partial charge in [-0.3, -0.25) is 0 Å². The Morgan fingerprint density at radius 2 is 1.84 bits per heavy atom. The molecule has 0 N–H and O–H groups in total. The molecule has 0 aromatic carbocycles. The van der Waals surface area contributed by atoms with Gasteiger partial charge in [0.15, 0.2) is 5.15 Å². The average Bonchev–Trinajstić information content (AvgIpc) is 2.46. The summed E-state index contributed by atoms with van der Waals surface area (Å²) in [4.78, 5) is 14.2. The highest BCUT2D eigenvalue weighted by Crippen LogP contribution is 2.37. The number of carbonyl (C=O) groups excluding carboxylic acids is 1. The van der Waals surface area contributed by atoms with E-state index in [2.05, 4.69) is 10.2 Å². The van der Waals surface area contributed by atoms with Crippen LogP contribution in [-0.4, -0.2) is 51.2 Å². The van der Waals surface area contributed by atoms with Gasteiger partial charge in [-0.05, 0) is 39.7 Å². The van der Waals surface area contributed by atoms with E-state index >= 15 is 0 Å². The van der Waals surface area contributed by atoms with Crippen molar-refractivity contribution in [2.75, 3.05) is 0 Å². The van der Waals surface area contributed by atoms with Gasteiger partial charge in [0.2, 0.25) is 5.88 Å². The zero-order chi connectivity index (χ0) is 18.2. The molecule has 2 fully saturated rings. The summed E-state index contributed by atoms with van der Waals surface area (Å²) in [6.45, 7) is 5.48. The van der Waals surface area contributed by atoms with E-state index in [1.807, 2.05) is 20.8 Å². The molecule has 0 radical (unpaired) electrons. The Balaban J connectivity index is 1.70. The van der Waals surface area contributed by atoms with Crippen LogP contribution < -0.4 is 4.74 Å². The van der Waals surface area contributed by atoms with Crippen LogP contribution in [0, 0.1) is 0 Å². The molecule has 138 valence electrons. The molecule has 0 aliphatic carbocycles. The summed E-state index contributed by atoms with van der Waals surface area (Å²) < 4.78 is 25.4.